The van der Waals surface area contributed by atoms with Gasteiger partial charge in [0, 0.05) is 0 Å². The molecular weight excluding hydrogens is 284 g/mol. The minimum Gasteiger partial charge on any atom is -0.258 e. The molecule has 0 spiro atoms. The number of rotatable bonds is 3. The van der Waals surface area contributed by atoms with E-state index in [1.54, 1.807) is 13.0 Å². The van der Waals surface area contributed by atoms with Crippen LogP contribution in [0.2, 0.25) is 5.15 Å². The Hall–Kier alpha value is -2.16. The second kappa shape index (κ2) is 4.84. The Morgan fingerprint density at radius 1 is 1.42 bits per heavy atom. The Labute approximate surface area is 110 Å². The van der Waals surface area contributed by atoms with Gasteiger partial charge in [-0.25, -0.2) is 8.78 Å². The van der Waals surface area contributed by atoms with Gasteiger partial charge in [0.15, 0.2) is 5.82 Å². The van der Waals surface area contributed by atoms with Crippen LogP contribution in [0.5, 0.6) is 0 Å². The molecule has 7 nitrogen and oxygen atoms in total. The maximum absolute atomic E-state index is 12.7. The van der Waals surface area contributed by atoms with Gasteiger partial charge in [-0.15, -0.1) is 5.10 Å². The van der Waals surface area contributed by atoms with Gasteiger partial charge in [-0.2, -0.15) is 14.9 Å². The third-order valence-corrected chi connectivity index (χ3v) is 2.56. The number of hydrogen-bond acceptors (Lipinski definition) is 5. The number of hydrogen-bond donors (Lipinski definition) is 0. The molecular formula is C9H6ClF2N5O2. The van der Waals surface area contributed by atoms with Crippen LogP contribution in [0.1, 0.15) is 17.8 Å². The second-order valence-corrected chi connectivity index (χ2v) is 3.89. The van der Waals surface area contributed by atoms with Gasteiger partial charge in [-0.1, -0.05) is 11.6 Å². The van der Waals surface area contributed by atoms with Crippen LogP contribution in [-0.4, -0.2) is 24.9 Å². The molecule has 0 saturated heterocycles. The maximum Gasteiger partial charge on any atom is 0.335 e. The lowest BCUT2D eigenvalue weighted by Crippen LogP contribution is -2.02. The first kappa shape index (κ1) is 13.3. The molecule has 0 atom stereocenters. The summed E-state index contributed by atoms with van der Waals surface area (Å²) >= 11 is 5.70. The van der Waals surface area contributed by atoms with Gasteiger partial charge in [-0.3, -0.25) is 10.1 Å². The fourth-order valence-corrected chi connectivity index (χ4v) is 1.67. The molecule has 0 unspecified atom stereocenters. The summed E-state index contributed by atoms with van der Waals surface area (Å²) in [5.74, 6) is 0.0191. The van der Waals surface area contributed by atoms with Crippen LogP contribution in [0.15, 0.2) is 12.1 Å². The van der Waals surface area contributed by atoms with E-state index in [-0.39, 0.29) is 5.82 Å². The van der Waals surface area contributed by atoms with Crippen molar-refractivity contribution in [2.24, 2.45) is 0 Å². The molecule has 19 heavy (non-hydrogen) atoms. The van der Waals surface area contributed by atoms with E-state index in [0.717, 1.165) is 4.68 Å². The van der Waals surface area contributed by atoms with Crippen LogP contribution in [0.3, 0.4) is 0 Å². The lowest BCUT2D eigenvalue weighted by Gasteiger charge is -1.99. The molecule has 0 N–H and O–H groups in total. The van der Waals surface area contributed by atoms with Gasteiger partial charge < -0.3 is 0 Å². The molecule has 0 fully saturated rings. The molecule has 2 heterocycles. The lowest BCUT2D eigenvalue weighted by atomic mass is 10.4. The minimum absolute atomic E-state index is 0.0191. The topological polar surface area (TPSA) is 86.7 Å². The first-order valence-corrected chi connectivity index (χ1v) is 5.31. The van der Waals surface area contributed by atoms with Gasteiger partial charge in [0.25, 0.3) is 6.43 Å². The van der Waals surface area contributed by atoms with E-state index in [2.05, 4.69) is 15.3 Å². The highest BCUT2D eigenvalue weighted by atomic mass is 35.5. The smallest absolute Gasteiger partial charge is 0.258 e. The first-order chi connectivity index (χ1) is 8.91. The Balaban J connectivity index is 2.62. The zero-order chi connectivity index (χ0) is 14.2. The Morgan fingerprint density at radius 3 is 2.53 bits per heavy atom. The predicted molar refractivity (Wildman–Crippen MR) is 60.5 cm³/mol. The molecule has 2 aromatic rings. The van der Waals surface area contributed by atoms with E-state index < -0.39 is 27.9 Å². The summed E-state index contributed by atoms with van der Waals surface area (Å²) in [6, 6.07) is 2.97. The molecule has 100 valence electrons. The third kappa shape index (κ3) is 2.36. The Morgan fingerprint density at radius 2 is 2.11 bits per heavy atom. The van der Waals surface area contributed by atoms with E-state index in [0.29, 0.717) is 5.69 Å². The molecule has 0 aliphatic rings. The number of aromatic nitrogens is 4. The number of halogens is 3. The average Bonchev–Trinajstić information content (AvgIpc) is 2.68. The molecule has 0 radical (unpaired) electrons. The van der Waals surface area contributed by atoms with Crippen LogP contribution in [-0.2, 0) is 0 Å². The summed E-state index contributed by atoms with van der Waals surface area (Å²) < 4.78 is 26.1. The first-order valence-electron chi connectivity index (χ1n) is 4.93. The van der Waals surface area contributed by atoms with Crippen LogP contribution in [0.25, 0.3) is 5.82 Å². The Kier molecular flexibility index (Phi) is 3.38. The average molecular weight is 290 g/mol. The van der Waals surface area contributed by atoms with Crippen molar-refractivity contribution in [1.82, 2.24) is 20.0 Å². The summed E-state index contributed by atoms with van der Waals surface area (Å²) in [5, 5.41) is 21.0. The highest BCUT2D eigenvalue weighted by molar-refractivity contribution is 6.32. The summed E-state index contributed by atoms with van der Waals surface area (Å²) in [5.41, 5.74) is -1.34. The van der Waals surface area contributed by atoms with Crippen molar-refractivity contribution < 1.29 is 13.7 Å². The van der Waals surface area contributed by atoms with Gasteiger partial charge in [-0.05, 0) is 19.1 Å². The normalized spacial score (nSPS) is 11.0. The van der Waals surface area contributed by atoms with Crippen molar-refractivity contribution in [3.63, 3.8) is 0 Å². The number of nitro groups is 1. The van der Waals surface area contributed by atoms with Gasteiger partial charge in [0.2, 0.25) is 10.8 Å². The maximum atomic E-state index is 12.7. The van der Waals surface area contributed by atoms with Crippen molar-refractivity contribution in [3.8, 4) is 5.82 Å². The van der Waals surface area contributed by atoms with Crippen molar-refractivity contribution in [3.05, 3.63) is 38.8 Å². The lowest BCUT2D eigenvalue weighted by molar-refractivity contribution is -0.386. The van der Waals surface area contributed by atoms with E-state index in [1.807, 2.05) is 0 Å². The monoisotopic (exact) mass is 289 g/mol. The fourth-order valence-electron chi connectivity index (χ4n) is 1.38. The molecule has 10 heteroatoms. The third-order valence-electron chi connectivity index (χ3n) is 2.22. The SMILES string of the molecule is Cc1ccc(-n2nc(C(F)F)c([N+](=O)[O-])c2Cl)nn1. The van der Waals surface area contributed by atoms with E-state index in [1.165, 1.54) is 6.07 Å². The van der Waals surface area contributed by atoms with Crippen molar-refractivity contribution in [2.75, 3.05) is 0 Å². The van der Waals surface area contributed by atoms with Gasteiger partial charge in [0.05, 0.1) is 10.6 Å². The van der Waals surface area contributed by atoms with Crippen molar-refractivity contribution in [2.45, 2.75) is 13.3 Å². The molecule has 0 aliphatic carbocycles. The van der Waals surface area contributed by atoms with Crippen LogP contribution in [0, 0.1) is 17.0 Å². The molecule has 2 rings (SSSR count). The van der Waals surface area contributed by atoms with E-state index in [4.69, 9.17) is 11.6 Å². The molecule has 0 saturated carbocycles. The van der Waals surface area contributed by atoms with Gasteiger partial charge >= 0.3 is 5.69 Å². The van der Waals surface area contributed by atoms with Crippen LogP contribution in [0.4, 0.5) is 14.5 Å². The summed E-state index contributed by atoms with van der Waals surface area (Å²) in [4.78, 5) is 9.74. The van der Waals surface area contributed by atoms with Crippen LogP contribution < -0.4 is 0 Å². The van der Waals surface area contributed by atoms with E-state index in [9.17, 15) is 18.9 Å². The molecule has 0 aromatic carbocycles. The summed E-state index contributed by atoms with van der Waals surface area (Å²) in [6.07, 6.45) is -3.11. The zero-order valence-electron chi connectivity index (χ0n) is 9.42. The summed E-state index contributed by atoms with van der Waals surface area (Å²) in [6.45, 7) is 1.68. The van der Waals surface area contributed by atoms with Crippen LogP contribution >= 0.6 is 11.6 Å². The predicted octanol–water partition coefficient (Wildman–Crippen LogP) is 2.47. The largest absolute Gasteiger partial charge is 0.335 e. The molecule has 0 aliphatic heterocycles. The number of alkyl halides is 2. The summed E-state index contributed by atoms with van der Waals surface area (Å²) in [7, 11) is 0. The minimum atomic E-state index is -3.11. The van der Waals surface area contributed by atoms with E-state index >= 15 is 0 Å². The standard InChI is InChI=1S/C9H6ClF2N5O2/c1-4-2-3-5(14-13-4)16-8(10)7(17(18)19)6(15-16)9(11)12/h2-3,9H,1H3. The molecule has 0 bridgehead atoms. The Bertz CT molecular complexity index is 628. The quantitative estimate of drug-likeness (QED) is 0.640. The highest BCUT2D eigenvalue weighted by Crippen LogP contribution is 2.35. The van der Waals surface area contributed by atoms with Crippen molar-refractivity contribution in [1.29, 1.82) is 0 Å². The number of aryl methyl sites for hydroxylation is 1. The van der Waals surface area contributed by atoms with Gasteiger partial charge in [0.1, 0.15) is 0 Å². The van der Waals surface area contributed by atoms with Crippen molar-refractivity contribution >= 4 is 17.3 Å². The molecule has 2 aromatic heterocycles. The highest BCUT2D eigenvalue weighted by Gasteiger charge is 2.33. The zero-order valence-corrected chi connectivity index (χ0v) is 10.2. The fraction of sp³-hybridized carbons (Fsp3) is 0.222. The molecule has 0 amide bonds. The number of nitrogens with zero attached hydrogens (tertiary/aromatic N) is 5. The second-order valence-electron chi connectivity index (χ2n) is 3.53.